The van der Waals surface area contributed by atoms with Gasteiger partial charge >= 0.3 is 0 Å². The van der Waals surface area contributed by atoms with Gasteiger partial charge in [-0.2, -0.15) is 0 Å². The number of nitrogens with zero attached hydrogens (tertiary/aromatic N) is 1. The first-order valence-corrected chi connectivity index (χ1v) is 6.39. The fraction of sp³-hybridized carbons (Fsp3) is 0.200. The Bertz CT molecular complexity index is 803. The van der Waals surface area contributed by atoms with Crippen molar-refractivity contribution in [2.75, 3.05) is 0 Å². The summed E-state index contributed by atoms with van der Waals surface area (Å²) in [5.74, 6) is 0.150. The van der Waals surface area contributed by atoms with E-state index >= 15 is 0 Å². The first-order valence-electron chi connectivity index (χ1n) is 6.39. The van der Waals surface area contributed by atoms with Gasteiger partial charge in [0.1, 0.15) is 29.6 Å². The summed E-state index contributed by atoms with van der Waals surface area (Å²) in [6.45, 7) is 2.01. The second-order valence-corrected chi connectivity index (χ2v) is 4.59. The molecule has 0 aliphatic carbocycles. The first-order chi connectivity index (χ1) is 9.70. The third-order valence-electron chi connectivity index (χ3n) is 3.21. The molecule has 0 aliphatic heterocycles. The monoisotopic (exact) mass is 271 g/mol. The maximum atomic E-state index is 12.5. The van der Waals surface area contributed by atoms with E-state index in [-0.39, 0.29) is 11.2 Å². The van der Waals surface area contributed by atoms with E-state index in [1.54, 1.807) is 12.1 Å². The molecule has 1 aromatic carbocycles. The van der Waals surface area contributed by atoms with Crippen LogP contribution >= 0.6 is 0 Å². The molecule has 3 rings (SSSR count). The van der Waals surface area contributed by atoms with Crippen LogP contribution in [0.5, 0.6) is 5.75 Å². The molecule has 2 aromatic heterocycles. The van der Waals surface area contributed by atoms with Gasteiger partial charge < -0.3 is 14.0 Å². The molecular formula is C15H13NO4. The Kier molecular flexibility index (Phi) is 3.02. The minimum atomic E-state index is -0.183. The van der Waals surface area contributed by atoms with Gasteiger partial charge in [0.2, 0.25) is 5.43 Å². The highest BCUT2D eigenvalue weighted by atomic mass is 16.5. The molecule has 0 unspecified atom stereocenters. The fourth-order valence-corrected chi connectivity index (χ4v) is 2.21. The average molecular weight is 271 g/mol. The second-order valence-electron chi connectivity index (χ2n) is 4.59. The predicted molar refractivity (Wildman–Crippen MR) is 73.6 cm³/mol. The van der Waals surface area contributed by atoms with Crippen molar-refractivity contribution in [3.8, 4) is 17.0 Å². The highest BCUT2D eigenvalue weighted by molar-refractivity contribution is 5.83. The fourth-order valence-electron chi connectivity index (χ4n) is 2.21. The van der Waals surface area contributed by atoms with Gasteiger partial charge in [-0.15, -0.1) is 0 Å². The van der Waals surface area contributed by atoms with Crippen molar-refractivity contribution in [1.82, 2.24) is 5.16 Å². The summed E-state index contributed by atoms with van der Waals surface area (Å²) < 4.78 is 10.2. The van der Waals surface area contributed by atoms with Gasteiger partial charge in [0.15, 0.2) is 0 Å². The van der Waals surface area contributed by atoms with Gasteiger partial charge in [0, 0.05) is 12.1 Å². The van der Waals surface area contributed by atoms with Crippen molar-refractivity contribution in [2.24, 2.45) is 0 Å². The van der Waals surface area contributed by atoms with E-state index < -0.39 is 0 Å². The van der Waals surface area contributed by atoms with Crippen molar-refractivity contribution in [3.05, 3.63) is 46.5 Å². The van der Waals surface area contributed by atoms with Crippen LogP contribution in [0.25, 0.3) is 22.2 Å². The van der Waals surface area contributed by atoms with E-state index in [1.807, 2.05) is 6.92 Å². The average Bonchev–Trinajstić information content (AvgIpc) is 2.95. The molecule has 0 saturated carbocycles. The number of aromatic hydroxyl groups is 1. The summed E-state index contributed by atoms with van der Waals surface area (Å²) in [4.78, 5) is 12.5. The highest BCUT2D eigenvalue weighted by Crippen LogP contribution is 2.26. The summed E-state index contributed by atoms with van der Waals surface area (Å²) >= 11 is 0. The Morgan fingerprint density at radius 3 is 2.90 bits per heavy atom. The van der Waals surface area contributed by atoms with Crippen LogP contribution in [-0.2, 0) is 6.42 Å². The number of hydrogen-bond acceptors (Lipinski definition) is 5. The van der Waals surface area contributed by atoms with Crippen LogP contribution in [0.1, 0.15) is 18.9 Å². The Morgan fingerprint density at radius 1 is 1.35 bits per heavy atom. The molecule has 20 heavy (non-hydrogen) atoms. The standard InChI is InChI=1S/C15H13NO4/c1-2-3-9-6-10-14(7-13(9)17)19-8-11(15(10)18)12-4-5-20-16-12/h4-8,17H,2-3H2,1H3. The minimum absolute atomic E-state index is 0.150. The first kappa shape index (κ1) is 12.5. The molecule has 0 spiro atoms. The van der Waals surface area contributed by atoms with Crippen molar-refractivity contribution in [2.45, 2.75) is 19.8 Å². The lowest BCUT2D eigenvalue weighted by Crippen LogP contribution is -2.05. The van der Waals surface area contributed by atoms with Crippen LogP contribution in [0, 0.1) is 0 Å². The molecule has 0 radical (unpaired) electrons. The molecule has 0 fully saturated rings. The molecule has 2 heterocycles. The zero-order valence-electron chi connectivity index (χ0n) is 10.9. The van der Waals surface area contributed by atoms with E-state index in [2.05, 4.69) is 5.16 Å². The van der Waals surface area contributed by atoms with Crippen LogP contribution < -0.4 is 5.43 Å². The minimum Gasteiger partial charge on any atom is -0.508 e. The maximum Gasteiger partial charge on any atom is 0.202 e. The lowest BCUT2D eigenvalue weighted by molar-refractivity contribution is 0.422. The van der Waals surface area contributed by atoms with Crippen LogP contribution in [-0.4, -0.2) is 10.3 Å². The van der Waals surface area contributed by atoms with Crippen molar-refractivity contribution in [3.63, 3.8) is 0 Å². The number of aryl methyl sites for hydroxylation is 1. The van der Waals surface area contributed by atoms with Gasteiger partial charge in [0.05, 0.1) is 10.9 Å². The Labute approximate surface area is 114 Å². The lowest BCUT2D eigenvalue weighted by atomic mass is 10.0. The number of hydrogen-bond donors (Lipinski definition) is 1. The molecule has 5 heteroatoms. The normalized spacial score (nSPS) is 11.1. The molecular weight excluding hydrogens is 258 g/mol. The smallest absolute Gasteiger partial charge is 0.202 e. The molecule has 0 saturated heterocycles. The number of fused-ring (bicyclic) bond motifs is 1. The molecule has 3 aromatic rings. The number of rotatable bonds is 3. The van der Waals surface area contributed by atoms with Crippen molar-refractivity contribution < 1.29 is 14.0 Å². The van der Waals surface area contributed by atoms with Gasteiger partial charge in [-0.25, -0.2) is 0 Å². The number of benzene rings is 1. The molecule has 0 amide bonds. The molecule has 0 atom stereocenters. The van der Waals surface area contributed by atoms with E-state index in [0.29, 0.717) is 28.6 Å². The van der Waals surface area contributed by atoms with Gasteiger partial charge in [-0.1, -0.05) is 18.5 Å². The second kappa shape index (κ2) is 4.85. The van der Waals surface area contributed by atoms with Crippen molar-refractivity contribution >= 4 is 11.0 Å². The lowest BCUT2D eigenvalue weighted by Gasteiger charge is -2.05. The highest BCUT2D eigenvalue weighted by Gasteiger charge is 2.13. The van der Waals surface area contributed by atoms with Crippen LogP contribution in [0.4, 0.5) is 0 Å². The number of aromatic nitrogens is 1. The summed E-state index contributed by atoms with van der Waals surface area (Å²) in [7, 11) is 0. The molecule has 0 aliphatic rings. The number of phenols is 1. The summed E-state index contributed by atoms with van der Waals surface area (Å²) in [6.07, 6.45) is 4.32. The van der Waals surface area contributed by atoms with Crippen LogP contribution in [0.15, 0.2) is 44.5 Å². The molecule has 1 N–H and O–H groups in total. The predicted octanol–water partition coefficient (Wildman–Crippen LogP) is 3.11. The third-order valence-corrected chi connectivity index (χ3v) is 3.21. The topological polar surface area (TPSA) is 76.5 Å². The SMILES string of the molecule is CCCc1cc2c(=O)c(-c3ccon3)coc2cc1O. The summed E-state index contributed by atoms with van der Waals surface area (Å²) in [6, 6.07) is 4.77. The Balaban J connectivity index is 2.26. The Morgan fingerprint density at radius 2 is 2.20 bits per heavy atom. The molecule has 102 valence electrons. The van der Waals surface area contributed by atoms with E-state index in [9.17, 15) is 9.90 Å². The van der Waals surface area contributed by atoms with Crippen LogP contribution in [0.3, 0.4) is 0 Å². The van der Waals surface area contributed by atoms with Crippen molar-refractivity contribution in [1.29, 1.82) is 0 Å². The largest absolute Gasteiger partial charge is 0.508 e. The quantitative estimate of drug-likeness (QED) is 0.792. The molecule has 0 bridgehead atoms. The summed E-state index contributed by atoms with van der Waals surface area (Å²) in [5, 5.41) is 14.1. The zero-order valence-corrected chi connectivity index (χ0v) is 10.9. The van der Waals surface area contributed by atoms with E-state index in [0.717, 1.165) is 12.0 Å². The van der Waals surface area contributed by atoms with Gasteiger partial charge in [-0.05, 0) is 18.1 Å². The molecule has 5 nitrogen and oxygen atoms in total. The maximum absolute atomic E-state index is 12.5. The van der Waals surface area contributed by atoms with E-state index in [1.165, 1.54) is 18.6 Å². The Hall–Kier alpha value is -2.56. The van der Waals surface area contributed by atoms with Gasteiger partial charge in [0.25, 0.3) is 0 Å². The third kappa shape index (κ3) is 1.97. The zero-order chi connectivity index (χ0) is 14.1. The van der Waals surface area contributed by atoms with Crippen LogP contribution in [0.2, 0.25) is 0 Å². The number of phenolic OH excluding ortho intramolecular Hbond substituents is 1. The summed E-state index contributed by atoms with van der Waals surface area (Å²) in [5.41, 5.74) is 1.70. The van der Waals surface area contributed by atoms with Gasteiger partial charge in [-0.3, -0.25) is 4.79 Å². The van der Waals surface area contributed by atoms with E-state index in [4.69, 9.17) is 8.94 Å².